The second kappa shape index (κ2) is 14.0. The molecule has 0 N–H and O–H groups in total. The average Bonchev–Trinajstić information content (AvgIpc) is 2.82. The standard InChI is InChI=1S/C27H29NO3S/c1-4-6-8-12-16-25(28-31-27(30)21(3)13-7-5-2)26(29)22-17-19-24(20-18-22)32-23-14-10-9-11-15-23/h5,7,9-11,13-15,17-20H,2-4,6,8,12,16H2,1H3. The normalized spacial score (nSPS) is 11.3. The van der Waals surface area contributed by atoms with Gasteiger partial charge in [-0.15, -0.1) is 0 Å². The molecule has 0 aliphatic heterocycles. The Morgan fingerprint density at radius 1 is 1.00 bits per heavy atom. The predicted octanol–water partition coefficient (Wildman–Crippen LogP) is 7.19. The van der Waals surface area contributed by atoms with Gasteiger partial charge in [0.2, 0.25) is 5.78 Å². The first-order chi connectivity index (χ1) is 15.5. The molecule has 2 rings (SSSR count). The molecule has 0 aliphatic rings. The van der Waals surface area contributed by atoms with Crippen LogP contribution in [0.1, 0.15) is 49.4 Å². The van der Waals surface area contributed by atoms with E-state index in [1.807, 2.05) is 42.5 Å². The van der Waals surface area contributed by atoms with Crippen molar-refractivity contribution < 1.29 is 14.4 Å². The highest BCUT2D eigenvalue weighted by Gasteiger charge is 2.16. The van der Waals surface area contributed by atoms with Crippen LogP contribution in [0.5, 0.6) is 0 Å². The quantitative estimate of drug-likeness (QED) is 0.0620. The lowest BCUT2D eigenvalue weighted by molar-refractivity contribution is -0.138. The number of unbranched alkanes of at least 4 members (excludes halogenated alkanes) is 3. The molecule has 0 radical (unpaired) electrons. The third-order valence-electron chi connectivity index (χ3n) is 4.56. The van der Waals surface area contributed by atoms with E-state index in [1.54, 1.807) is 30.0 Å². The number of oxime groups is 1. The molecule has 0 spiro atoms. The van der Waals surface area contributed by atoms with Crippen LogP contribution in [0.4, 0.5) is 0 Å². The first kappa shape index (κ1) is 25.1. The molecule has 166 valence electrons. The summed E-state index contributed by atoms with van der Waals surface area (Å²) in [5, 5.41) is 3.91. The molecule has 32 heavy (non-hydrogen) atoms. The Kier molecular flexibility index (Phi) is 11.0. The van der Waals surface area contributed by atoms with Crippen LogP contribution in [0, 0.1) is 0 Å². The maximum Gasteiger partial charge on any atom is 0.365 e. The van der Waals surface area contributed by atoms with Gasteiger partial charge in [0.05, 0.1) is 5.57 Å². The van der Waals surface area contributed by atoms with E-state index < -0.39 is 5.97 Å². The van der Waals surface area contributed by atoms with E-state index in [4.69, 9.17) is 4.84 Å². The maximum absolute atomic E-state index is 13.1. The zero-order chi connectivity index (χ0) is 23.2. The van der Waals surface area contributed by atoms with Gasteiger partial charge in [-0.2, -0.15) is 0 Å². The molecule has 2 aromatic rings. The first-order valence-electron chi connectivity index (χ1n) is 10.7. The lowest BCUT2D eigenvalue weighted by Gasteiger charge is -2.07. The number of allylic oxidation sites excluding steroid dienone is 2. The second-order valence-corrected chi connectivity index (χ2v) is 8.26. The highest BCUT2D eigenvalue weighted by Crippen LogP contribution is 2.27. The van der Waals surface area contributed by atoms with Gasteiger partial charge < -0.3 is 4.84 Å². The summed E-state index contributed by atoms with van der Waals surface area (Å²) in [7, 11) is 0. The van der Waals surface area contributed by atoms with Gasteiger partial charge >= 0.3 is 5.97 Å². The number of hydrogen-bond acceptors (Lipinski definition) is 5. The van der Waals surface area contributed by atoms with Crippen molar-refractivity contribution in [3.05, 3.63) is 97.1 Å². The highest BCUT2D eigenvalue weighted by molar-refractivity contribution is 7.99. The molecular formula is C27H29NO3S. The second-order valence-electron chi connectivity index (χ2n) is 7.12. The predicted molar refractivity (Wildman–Crippen MR) is 132 cm³/mol. The minimum atomic E-state index is -0.698. The fourth-order valence-electron chi connectivity index (χ4n) is 2.79. The number of rotatable bonds is 13. The van der Waals surface area contributed by atoms with Crippen molar-refractivity contribution in [2.24, 2.45) is 5.16 Å². The molecule has 0 atom stereocenters. The number of carbonyl (C=O) groups excluding carboxylic acids is 2. The Balaban J connectivity index is 2.11. The summed E-state index contributed by atoms with van der Waals surface area (Å²) in [5.41, 5.74) is 0.880. The largest absolute Gasteiger partial charge is 0.365 e. The third-order valence-corrected chi connectivity index (χ3v) is 5.57. The van der Waals surface area contributed by atoms with Crippen LogP contribution >= 0.6 is 11.8 Å². The molecule has 4 nitrogen and oxygen atoms in total. The van der Waals surface area contributed by atoms with Crippen LogP contribution in [0.15, 0.2) is 107 Å². The maximum atomic E-state index is 13.1. The van der Waals surface area contributed by atoms with Crippen molar-refractivity contribution in [1.82, 2.24) is 0 Å². The Morgan fingerprint density at radius 3 is 2.34 bits per heavy atom. The SMILES string of the molecule is C=CC=CC(=C)C(=O)ON=C(CCCCCC)C(=O)c1ccc(Sc2ccccc2)cc1. The van der Waals surface area contributed by atoms with Crippen LogP contribution < -0.4 is 0 Å². The number of carbonyl (C=O) groups is 2. The number of hydrogen-bond donors (Lipinski definition) is 0. The number of benzene rings is 2. The molecule has 0 aromatic heterocycles. The molecular weight excluding hydrogens is 418 g/mol. The zero-order valence-corrected chi connectivity index (χ0v) is 19.3. The van der Waals surface area contributed by atoms with Gasteiger partial charge in [-0.05, 0) is 55.3 Å². The number of ketones is 1. The molecule has 0 saturated heterocycles. The highest BCUT2D eigenvalue weighted by atomic mass is 32.2. The summed E-state index contributed by atoms with van der Waals surface area (Å²) in [6, 6.07) is 17.4. The van der Waals surface area contributed by atoms with Crippen LogP contribution in [0.2, 0.25) is 0 Å². The molecule has 0 unspecified atom stereocenters. The summed E-state index contributed by atoms with van der Waals surface area (Å²) < 4.78 is 0. The molecule has 5 heteroatoms. The van der Waals surface area contributed by atoms with E-state index >= 15 is 0 Å². The minimum Gasteiger partial charge on any atom is -0.312 e. The molecule has 0 aliphatic carbocycles. The lowest BCUT2D eigenvalue weighted by atomic mass is 10.0. The van der Waals surface area contributed by atoms with Crippen LogP contribution in [0.25, 0.3) is 0 Å². The van der Waals surface area contributed by atoms with E-state index in [9.17, 15) is 9.59 Å². The van der Waals surface area contributed by atoms with E-state index in [0.717, 1.165) is 35.5 Å². The average molecular weight is 448 g/mol. The van der Waals surface area contributed by atoms with Gasteiger partial charge in [0.15, 0.2) is 0 Å². The van der Waals surface area contributed by atoms with E-state index in [-0.39, 0.29) is 17.1 Å². The van der Waals surface area contributed by atoms with E-state index in [2.05, 4.69) is 25.2 Å². The summed E-state index contributed by atoms with van der Waals surface area (Å²) in [4.78, 5) is 32.3. The van der Waals surface area contributed by atoms with Crippen molar-refractivity contribution in [2.75, 3.05) is 0 Å². The third kappa shape index (κ3) is 8.52. The zero-order valence-electron chi connectivity index (χ0n) is 18.5. The Bertz CT molecular complexity index is 976. The minimum absolute atomic E-state index is 0.133. The Hall–Kier alpha value is -3.18. The van der Waals surface area contributed by atoms with Gasteiger partial charge in [-0.3, -0.25) is 4.79 Å². The van der Waals surface area contributed by atoms with Crippen molar-refractivity contribution in [3.8, 4) is 0 Å². The van der Waals surface area contributed by atoms with Gasteiger partial charge in [0.1, 0.15) is 5.71 Å². The Labute approximate surface area is 194 Å². The van der Waals surface area contributed by atoms with Crippen LogP contribution in [-0.2, 0) is 9.63 Å². The molecule has 0 heterocycles. The first-order valence-corrected chi connectivity index (χ1v) is 11.5. The molecule has 0 fully saturated rings. The van der Waals surface area contributed by atoms with Crippen molar-refractivity contribution in [3.63, 3.8) is 0 Å². The van der Waals surface area contributed by atoms with Gasteiger partial charge in [-0.1, -0.05) is 86.6 Å². The molecule has 2 aromatic carbocycles. The van der Waals surface area contributed by atoms with Crippen molar-refractivity contribution in [1.29, 1.82) is 0 Å². The fraction of sp³-hybridized carbons (Fsp3) is 0.222. The van der Waals surface area contributed by atoms with Gasteiger partial charge in [0, 0.05) is 15.4 Å². The van der Waals surface area contributed by atoms with Gasteiger partial charge in [0.25, 0.3) is 0 Å². The lowest BCUT2D eigenvalue weighted by Crippen LogP contribution is -2.16. The summed E-state index contributed by atoms with van der Waals surface area (Å²) in [6.07, 6.45) is 9.00. The van der Waals surface area contributed by atoms with Gasteiger partial charge in [-0.25, -0.2) is 4.79 Å². The summed E-state index contributed by atoms with van der Waals surface area (Å²) in [6.45, 7) is 9.31. The fourth-order valence-corrected chi connectivity index (χ4v) is 3.63. The Morgan fingerprint density at radius 2 is 1.69 bits per heavy atom. The molecule has 0 saturated carbocycles. The smallest absolute Gasteiger partial charge is 0.312 e. The topological polar surface area (TPSA) is 55.7 Å². The number of nitrogens with zero attached hydrogens (tertiary/aromatic N) is 1. The summed E-state index contributed by atoms with van der Waals surface area (Å²) in [5.74, 6) is -0.936. The molecule has 0 amide bonds. The van der Waals surface area contributed by atoms with Crippen LogP contribution in [-0.4, -0.2) is 17.5 Å². The monoisotopic (exact) mass is 447 g/mol. The van der Waals surface area contributed by atoms with Crippen LogP contribution in [0.3, 0.4) is 0 Å². The van der Waals surface area contributed by atoms with Crippen molar-refractivity contribution in [2.45, 2.75) is 48.8 Å². The van der Waals surface area contributed by atoms with E-state index in [0.29, 0.717) is 12.0 Å². The number of Topliss-reactive ketones (excluding diaryl/α,β-unsaturated/α-hetero) is 1. The summed E-state index contributed by atoms with van der Waals surface area (Å²) >= 11 is 1.63. The van der Waals surface area contributed by atoms with Crippen molar-refractivity contribution >= 4 is 29.2 Å². The molecule has 0 bridgehead atoms. The van der Waals surface area contributed by atoms with E-state index in [1.165, 1.54) is 12.2 Å².